The van der Waals surface area contributed by atoms with E-state index in [9.17, 15) is 4.79 Å². The number of anilines is 2. The Bertz CT molecular complexity index is 735. The molecule has 1 aromatic carbocycles. The van der Waals surface area contributed by atoms with E-state index >= 15 is 0 Å². The molecule has 0 radical (unpaired) electrons. The predicted octanol–water partition coefficient (Wildman–Crippen LogP) is 2.68. The lowest BCUT2D eigenvalue weighted by atomic mass is 10.0. The van der Waals surface area contributed by atoms with Crippen LogP contribution in [0.1, 0.15) is 23.3 Å². The number of nitrogens with one attached hydrogen (secondary N) is 1. The number of piperidine rings is 1. The Balaban J connectivity index is 1.44. The third-order valence-electron chi connectivity index (χ3n) is 4.71. The molecule has 2 fully saturated rings. The molecule has 3 heterocycles. The summed E-state index contributed by atoms with van der Waals surface area (Å²) >= 11 is 0. The number of nitrogens with zero attached hydrogens (tertiary/aromatic N) is 2. The van der Waals surface area contributed by atoms with Crippen LogP contribution in [-0.4, -0.2) is 43.0 Å². The fourth-order valence-corrected chi connectivity index (χ4v) is 3.35. The normalized spacial score (nSPS) is 19.1. The molecule has 1 aromatic heterocycles. The Morgan fingerprint density at radius 2 is 1.80 bits per heavy atom. The summed E-state index contributed by atoms with van der Waals surface area (Å²) in [6, 6.07) is 13.2. The van der Waals surface area contributed by atoms with Gasteiger partial charge in [0.25, 0.3) is 5.91 Å². The summed E-state index contributed by atoms with van der Waals surface area (Å²) in [6.45, 7) is 3.03. The molecule has 4 rings (SSSR count). The molecule has 25 heavy (non-hydrogen) atoms. The average Bonchev–Trinajstić information content (AvgIpc) is 3.11. The largest absolute Gasteiger partial charge is 0.371 e. The highest BCUT2D eigenvalue weighted by Crippen LogP contribution is 2.33. The second-order valence-electron chi connectivity index (χ2n) is 6.31. The van der Waals surface area contributed by atoms with Crippen molar-refractivity contribution in [1.82, 2.24) is 4.98 Å². The zero-order valence-electron chi connectivity index (χ0n) is 14.0. The quantitative estimate of drug-likeness (QED) is 0.931. The number of aromatic nitrogens is 1. The Morgan fingerprint density at radius 1 is 1.08 bits per heavy atom. The van der Waals surface area contributed by atoms with Gasteiger partial charge in [-0.2, -0.15) is 0 Å². The van der Waals surface area contributed by atoms with E-state index < -0.39 is 5.79 Å². The van der Waals surface area contributed by atoms with Gasteiger partial charge in [-0.05, 0) is 24.3 Å². The van der Waals surface area contributed by atoms with E-state index in [0.717, 1.165) is 37.3 Å². The topological polar surface area (TPSA) is 63.7 Å². The number of pyridine rings is 1. The molecular weight excluding hydrogens is 318 g/mol. The maximum absolute atomic E-state index is 12.4. The summed E-state index contributed by atoms with van der Waals surface area (Å²) in [5.74, 6) is -0.596. The van der Waals surface area contributed by atoms with Crippen molar-refractivity contribution in [2.45, 2.75) is 18.6 Å². The summed E-state index contributed by atoms with van der Waals surface area (Å²) in [4.78, 5) is 18.9. The van der Waals surface area contributed by atoms with Gasteiger partial charge < -0.3 is 19.7 Å². The third kappa shape index (κ3) is 3.50. The molecule has 0 unspecified atom stereocenters. The molecule has 6 heteroatoms. The van der Waals surface area contributed by atoms with Crippen LogP contribution >= 0.6 is 0 Å². The molecule has 1 amide bonds. The van der Waals surface area contributed by atoms with Gasteiger partial charge >= 0.3 is 0 Å². The van der Waals surface area contributed by atoms with Crippen molar-refractivity contribution >= 4 is 17.3 Å². The second kappa shape index (κ2) is 6.82. The molecule has 2 aromatic rings. The van der Waals surface area contributed by atoms with Gasteiger partial charge in [-0.15, -0.1) is 0 Å². The van der Waals surface area contributed by atoms with E-state index in [1.165, 1.54) is 0 Å². The van der Waals surface area contributed by atoms with Crippen LogP contribution in [0.4, 0.5) is 11.4 Å². The minimum Gasteiger partial charge on any atom is -0.371 e. The van der Waals surface area contributed by atoms with Crippen LogP contribution < -0.4 is 10.2 Å². The van der Waals surface area contributed by atoms with Crippen molar-refractivity contribution in [2.24, 2.45) is 0 Å². The molecule has 0 aliphatic carbocycles. The van der Waals surface area contributed by atoms with Gasteiger partial charge in [-0.3, -0.25) is 9.78 Å². The minimum absolute atomic E-state index is 0.205. The van der Waals surface area contributed by atoms with Gasteiger partial charge in [-0.1, -0.05) is 18.2 Å². The lowest BCUT2D eigenvalue weighted by Crippen LogP contribution is -2.45. The summed E-state index contributed by atoms with van der Waals surface area (Å²) in [6.07, 6.45) is 3.35. The molecule has 0 atom stereocenters. The number of para-hydroxylation sites is 1. The van der Waals surface area contributed by atoms with Gasteiger partial charge in [-0.25, -0.2) is 0 Å². The van der Waals surface area contributed by atoms with Crippen molar-refractivity contribution in [3.05, 3.63) is 54.4 Å². The first-order valence-electron chi connectivity index (χ1n) is 8.59. The fraction of sp³-hybridized carbons (Fsp3) is 0.368. The number of carbonyl (C=O) groups is 1. The van der Waals surface area contributed by atoms with E-state index in [1.807, 2.05) is 42.5 Å². The average molecular weight is 339 g/mol. The number of carbonyl (C=O) groups excluding carboxylic acids is 1. The highest BCUT2D eigenvalue weighted by molar-refractivity contribution is 6.03. The van der Waals surface area contributed by atoms with Crippen LogP contribution in [-0.2, 0) is 9.47 Å². The molecule has 0 bridgehead atoms. The Kier molecular flexibility index (Phi) is 4.38. The van der Waals surface area contributed by atoms with Gasteiger partial charge in [0.2, 0.25) is 0 Å². The predicted molar refractivity (Wildman–Crippen MR) is 94.7 cm³/mol. The van der Waals surface area contributed by atoms with Gasteiger partial charge in [0.05, 0.1) is 13.2 Å². The van der Waals surface area contributed by atoms with Crippen LogP contribution in [0, 0.1) is 0 Å². The van der Waals surface area contributed by atoms with E-state index in [2.05, 4.69) is 15.2 Å². The first-order chi connectivity index (χ1) is 12.2. The van der Waals surface area contributed by atoms with Crippen LogP contribution in [0.3, 0.4) is 0 Å². The number of benzene rings is 1. The smallest absolute Gasteiger partial charge is 0.274 e. The number of amides is 1. The molecule has 2 aliphatic rings. The first kappa shape index (κ1) is 16.1. The maximum atomic E-state index is 12.4. The zero-order chi connectivity index (χ0) is 17.1. The summed E-state index contributed by atoms with van der Waals surface area (Å²) < 4.78 is 11.5. The van der Waals surface area contributed by atoms with Crippen LogP contribution in [0.25, 0.3) is 0 Å². The minimum atomic E-state index is -0.392. The SMILES string of the molecule is O=C(Nc1ccccc1)c1cc(N2CCC3(CC2)OCCO3)ccn1. The first-order valence-corrected chi connectivity index (χ1v) is 8.59. The molecule has 1 N–H and O–H groups in total. The zero-order valence-corrected chi connectivity index (χ0v) is 14.0. The van der Waals surface area contributed by atoms with E-state index in [-0.39, 0.29) is 5.91 Å². The maximum Gasteiger partial charge on any atom is 0.274 e. The molecular formula is C19H21N3O3. The van der Waals surface area contributed by atoms with Crippen LogP contribution in [0.5, 0.6) is 0 Å². The van der Waals surface area contributed by atoms with Crippen molar-refractivity contribution in [3.63, 3.8) is 0 Å². The third-order valence-corrected chi connectivity index (χ3v) is 4.71. The number of hydrogen-bond acceptors (Lipinski definition) is 5. The monoisotopic (exact) mass is 339 g/mol. The summed E-state index contributed by atoms with van der Waals surface area (Å²) in [5, 5.41) is 2.87. The summed E-state index contributed by atoms with van der Waals surface area (Å²) in [7, 11) is 0. The Morgan fingerprint density at radius 3 is 2.52 bits per heavy atom. The van der Waals surface area contributed by atoms with Crippen molar-refractivity contribution in [3.8, 4) is 0 Å². The highest BCUT2D eigenvalue weighted by atomic mass is 16.7. The molecule has 130 valence electrons. The number of hydrogen-bond donors (Lipinski definition) is 1. The van der Waals surface area contributed by atoms with Crippen LogP contribution in [0.2, 0.25) is 0 Å². The highest BCUT2D eigenvalue weighted by Gasteiger charge is 2.39. The molecule has 2 aliphatic heterocycles. The standard InChI is InChI=1S/C19H21N3O3/c23-18(21-15-4-2-1-3-5-15)17-14-16(6-9-20-17)22-10-7-19(8-11-22)24-12-13-25-19/h1-6,9,14H,7-8,10-13H2,(H,21,23). The Labute approximate surface area is 146 Å². The molecule has 2 saturated heterocycles. The lowest BCUT2D eigenvalue weighted by molar-refractivity contribution is -0.169. The van der Waals surface area contributed by atoms with Crippen molar-refractivity contribution in [2.75, 3.05) is 36.5 Å². The van der Waals surface area contributed by atoms with Gasteiger partial charge in [0.15, 0.2) is 5.79 Å². The van der Waals surface area contributed by atoms with Gasteiger partial charge in [0.1, 0.15) is 5.69 Å². The lowest BCUT2D eigenvalue weighted by Gasteiger charge is -2.38. The fourth-order valence-electron chi connectivity index (χ4n) is 3.35. The number of ether oxygens (including phenoxy) is 2. The van der Waals surface area contributed by atoms with E-state index in [1.54, 1.807) is 6.20 Å². The van der Waals surface area contributed by atoms with Gasteiger partial charge in [0, 0.05) is 43.5 Å². The van der Waals surface area contributed by atoms with E-state index in [4.69, 9.17) is 9.47 Å². The van der Waals surface area contributed by atoms with Crippen molar-refractivity contribution < 1.29 is 14.3 Å². The molecule has 0 saturated carbocycles. The molecule has 6 nitrogen and oxygen atoms in total. The second-order valence-corrected chi connectivity index (χ2v) is 6.31. The summed E-state index contributed by atoms with van der Waals surface area (Å²) in [5.41, 5.74) is 2.17. The molecule has 1 spiro atoms. The van der Waals surface area contributed by atoms with Crippen molar-refractivity contribution in [1.29, 1.82) is 0 Å². The van der Waals surface area contributed by atoms with E-state index in [0.29, 0.717) is 18.9 Å². The Hall–Kier alpha value is -2.44. The number of rotatable bonds is 3. The van der Waals surface area contributed by atoms with Crippen LogP contribution in [0.15, 0.2) is 48.7 Å².